The minimum atomic E-state index is 0.0925. The van der Waals surface area contributed by atoms with Crippen LogP contribution in [0.2, 0.25) is 0 Å². The minimum Gasteiger partial charge on any atom is -0.472 e. The predicted octanol–water partition coefficient (Wildman–Crippen LogP) is 1.93. The lowest BCUT2D eigenvalue weighted by Crippen LogP contribution is -2.06. The van der Waals surface area contributed by atoms with Crippen molar-refractivity contribution in [1.82, 2.24) is 0 Å². The topological polar surface area (TPSA) is 71.4 Å². The molecule has 2 rings (SSSR count). The Morgan fingerprint density at radius 1 is 1.31 bits per heavy atom. The van der Waals surface area contributed by atoms with Crippen LogP contribution in [0.5, 0.6) is 0 Å². The van der Waals surface area contributed by atoms with Gasteiger partial charge in [-0.2, -0.15) is 0 Å². The number of hydrogen-bond donors (Lipinski definition) is 3. The van der Waals surface area contributed by atoms with Gasteiger partial charge in [-0.25, -0.2) is 0 Å². The van der Waals surface area contributed by atoms with Gasteiger partial charge in [0.05, 0.1) is 19.1 Å². The summed E-state index contributed by atoms with van der Waals surface area (Å²) in [5.74, 6) is 0. The first kappa shape index (κ1) is 10.6. The van der Waals surface area contributed by atoms with Gasteiger partial charge in [0.15, 0.2) is 0 Å². The lowest BCUT2D eigenvalue weighted by atomic mass is 10.1. The fourth-order valence-electron chi connectivity index (χ4n) is 1.56. The summed E-state index contributed by atoms with van der Waals surface area (Å²) in [6.45, 7) is 0.601. The highest BCUT2D eigenvalue weighted by atomic mass is 16.3. The molecule has 0 unspecified atom stereocenters. The van der Waals surface area contributed by atoms with E-state index in [1.165, 1.54) is 0 Å². The molecule has 0 saturated heterocycles. The van der Waals surface area contributed by atoms with Gasteiger partial charge in [-0.3, -0.25) is 0 Å². The summed E-state index contributed by atoms with van der Waals surface area (Å²) in [6.07, 6.45) is 3.28. The zero-order valence-corrected chi connectivity index (χ0v) is 8.81. The maximum absolute atomic E-state index is 8.80. The molecule has 0 spiro atoms. The Bertz CT molecular complexity index is 452. The van der Waals surface area contributed by atoms with E-state index >= 15 is 0 Å². The molecule has 4 N–H and O–H groups in total. The molecule has 16 heavy (non-hydrogen) atoms. The highest BCUT2D eigenvalue weighted by molar-refractivity contribution is 5.80. The Kier molecular flexibility index (Phi) is 3.12. The van der Waals surface area contributed by atoms with E-state index in [1.807, 2.05) is 24.3 Å². The Hall–Kier alpha value is -1.94. The van der Waals surface area contributed by atoms with Crippen LogP contribution in [0, 0.1) is 0 Å². The van der Waals surface area contributed by atoms with Crippen LogP contribution in [0.3, 0.4) is 0 Å². The number of hydrogen-bond acceptors (Lipinski definition) is 4. The average molecular weight is 218 g/mol. The van der Waals surface area contributed by atoms with Crippen molar-refractivity contribution in [3.63, 3.8) is 0 Å². The second kappa shape index (κ2) is 4.72. The van der Waals surface area contributed by atoms with E-state index < -0.39 is 0 Å². The molecule has 0 atom stereocenters. The fourth-order valence-corrected chi connectivity index (χ4v) is 1.56. The molecule has 1 aromatic carbocycles. The fraction of sp³-hybridized carbons (Fsp3) is 0.167. The van der Waals surface area contributed by atoms with Crippen molar-refractivity contribution < 1.29 is 9.52 Å². The van der Waals surface area contributed by atoms with Gasteiger partial charge >= 0.3 is 0 Å². The van der Waals surface area contributed by atoms with Gasteiger partial charge in [0.2, 0.25) is 0 Å². The van der Waals surface area contributed by atoms with Crippen LogP contribution < -0.4 is 11.1 Å². The molecule has 1 aromatic heterocycles. The number of nitrogens with two attached hydrogens (primary N) is 1. The lowest BCUT2D eigenvalue weighted by Gasteiger charge is -2.10. The predicted molar refractivity (Wildman–Crippen MR) is 64.1 cm³/mol. The van der Waals surface area contributed by atoms with Crippen molar-refractivity contribution in [3.05, 3.63) is 36.8 Å². The molecule has 0 aliphatic heterocycles. The van der Waals surface area contributed by atoms with Crippen molar-refractivity contribution in [2.45, 2.75) is 0 Å². The zero-order chi connectivity index (χ0) is 11.4. The van der Waals surface area contributed by atoms with Gasteiger partial charge in [-0.05, 0) is 24.3 Å². The van der Waals surface area contributed by atoms with Gasteiger partial charge in [0, 0.05) is 29.0 Å². The Labute approximate surface area is 93.7 Å². The molecule has 0 fully saturated rings. The third kappa shape index (κ3) is 2.17. The van der Waals surface area contributed by atoms with E-state index in [1.54, 1.807) is 12.5 Å². The van der Waals surface area contributed by atoms with Crippen LogP contribution in [-0.2, 0) is 0 Å². The molecule has 4 heteroatoms. The maximum Gasteiger partial charge on any atom is 0.0981 e. The van der Waals surface area contributed by atoms with Gasteiger partial charge < -0.3 is 20.6 Å². The van der Waals surface area contributed by atoms with Crippen molar-refractivity contribution in [3.8, 4) is 11.1 Å². The van der Waals surface area contributed by atoms with Crippen molar-refractivity contribution in [1.29, 1.82) is 0 Å². The Balaban J connectivity index is 2.37. The van der Waals surface area contributed by atoms with Crippen LogP contribution in [0.15, 0.2) is 41.2 Å². The summed E-state index contributed by atoms with van der Waals surface area (Å²) in [4.78, 5) is 0. The summed E-state index contributed by atoms with van der Waals surface area (Å²) in [6, 6.07) is 7.47. The van der Waals surface area contributed by atoms with Gasteiger partial charge in [0.25, 0.3) is 0 Å². The summed E-state index contributed by atoms with van der Waals surface area (Å²) >= 11 is 0. The van der Waals surface area contributed by atoms with Gasteiger partial charge in [-0.15, -0.1) is 0 Å². The number of nitrogens with one attached hydrogen (secondary N) is 1. The van der Waals surface area contributed by atoms with Gasteiger partial charge in [-0.1, -0.05) is 0 Å². The first-order valence-electron chi connectivity index (χ1n) is 5.08. The minimum absolute atomic E-state index is 0.0925. The summed E-state index contributed by atoms with van der Waals surface area (Å²) in [5.41, 5.74) is 9.33. The summed E-state index contributed by atoms with van der Waals surface area (Å²) in [7, 11) is 0. The van der Waals surface area contributed by atoms with Crippen LogP contribution >= 0.6 is 0 Å². The van der Waals surface area contributed by atoms with E-state index in [2.05, 4.69) is 5.32 Å². The number of anilines is 2. The molecule has 0 saturated carbocycles. The van der Waals surface area contributed by atoms with Crippen molar-refractivity contribution in [2.24, 2.45) is 0 Å². The third-order valence-corrected chi connectivity index (χ3v) is 2.30. The van der Waals surface area contributed by atoms with E-state index in [4.69, 9.17) is 15.3 Å². The highest BCUT2D eigenvalue weighted by Crippen LogP contribution is 2.30. The molecule has 0 aliphatic carbocycles. The molecule has 84 valence electrons. The van der Waals surface area contributed by atoms with E-state index in [-0.39, 0.29) is 6.61 Å². The van der Waals surface area contributed by atoms with Crippen LogP contribution in [0.25, 0.3) is 11.1 Å². The summed E-state index contributed by atoms with van der Waals surface area (Å²) < 4.78 is 5.05. The number of aliphatic hydroxyl groups excluding tert-OH is 1. The first-order valence-corrected chi connectivity index (χ1v) is 5.08. The molecule has 0 radical (unpaired) electrons. The molecule has 0 aliphatic rings. The molecular formula is C12H14N2O2. The lowest BCUT2D eigenvalue weighted by molar-refractivity contribution is 0.311. The molecule has 1 heterocycles. The number of furan rings is 1. The third-order valence-electron chi connectivity index (χ3n) is 2.30. The number of rotatable bonds is 4. The molecule has 2 aromatic rings. The van der Waals surface area contributed by atoms with E-state index in [9.17, 15) is 0 Å². The SMILES string of the molecule is Nc1ccc(NCCO)c(-c2ccoc2)c1. The zero-order valence-electron chi connectivity index (χ0n) is 8.81. The Morgan fingerprint density at radius 3 is 2.88 bits per heavy atom. The average Bonchev–Trinajstić information content (AvgIpc) is 2.80. The largest absolute Gasteiger partial charge is 0.472 e. The quantitative estimate of drug-likeness (QED) is 0.686. The smallest absolute Gasteiger partial charge is 0.0981 e. The van der Waals surface area contributed by atoms with Crippen LogP contribution in [0.1, 0.15) is 0 Å². The second-order valence-electron chi connectivity index (χ2n) is 3.47. The highest BCUT2D eigenvalue weighted by Gasteiger charge is 2.06. The molecule has 0 amide bonds. The maximum atomic E-state index is 8.80. The second-order valence-corrected chi connectivity index (χ2v) is 3.47. The number of aliphatic hydroxyl groups is 1. The number of nitrogen functional groups attached to an aromatic ring is 1. The molecular weight excluding hydrogens is 204 g/mol. The van der Waals surface area contributed by atoms with Gasteiger partial charge in [0.1, 0.15) is 0 Å². The monoisotopic (exact) mass is 218 g/mol. The van der Waals surface area contributed by atoms with Crippen LogP contribution in [0.4, 0.5) is 11.4 Å². The van der Waals surface area contributed by atoms with Crippen molar-refractivity contribution in [2.75, 3.05) is 24.2 Å². The standard InChI is InChI=1S/C12H14N2O2/c13-10-1-2-12(14-4-5-15)11(7-10)9-3-6-16-8-9/h1-3,6-8,14-15H,4-5,13H2. The van der Waals surface area contributed by atoms with Crippen LogP contribution in [-0.4, -0.2) is 18.3 Å². The van der Waals surface area contributed by atoms with Crippen molar-refractivity contribution >= 4 is 11.4 Å². The molecule has 4 nitrogen and oxygen atoms in total. The number of benzene rings is 1. The normalized spacial score (nSPS) is 10.3. The van der Waals surface area contributed by atoms with E-state index in [0.29, 0.717) is 12.2 Å². The Morgan fingerprint density at radius 2 is 2.19 bits per heavy atom. The summed E-state index contributed by atoms with van der Waals surface area (Å²) in [5, 5.41) is 11.9. The molecule has 0 bridgehead atoms. The van der Waals surface area contributed by atoms with E-state index in [0.717, 1.165) is 16.8 Å². The first-order chi connectivity index (χ1) is 7.81.